The normalized spacial score (nSPS) is 12.4. The second-order valence-electron chi connectivity index (χ2n) is 4.21. The van der Waals surface area contributed by atoms with Gasteiger partial charge in [-0.25, -0.2) is 4.39 Å². The van der Waals surface area contributed by atoms with E-state index in [1.54, 1.807) is 6.20 Å². The maximum atomic E-state index is 12.9. The highest BCUT2D eigenvalue weighted by Gasteiger charge is 2.13. The van der Waals surface area contributed by atoms with E-state index in [1.807, 2.05) is 19.1 Å². The van der Waals surface area contributed by atoms with Gasteiger partial charge >= 0.3 is 0 Å². The van der Waals surface area contributed by atoms with Crippen LogP contribution in [0.2, 0.25) is 5.02 Å². The Hall–Kier alpha value is -1.45. The molecule has 0 saturated carbocycles. The fourth-order valence-electron chi connectivity index (χ4n) is 1.70. The zero-order chi connectivity index (χ0) is 13.1. The maximum Gasteiger partial charge on any atom is 0.124 e. The van der Waals surface area contributed by atoms with Gasteiger partial charge in [0.05, 0.1) is 6.10 Å². The Morgan fingerprint density at radius 2 is 2.11 bits per heavy atom. The Morgan fingerprint density at radius 3 is 2.72 bits per heavy atom. The summed E-state index contributed by atoms with van der Waals surface area (Å²) in [4.78, 5) is 4.21. The number of pyridine rings is 1. The van der Waals surface area contributed by atoms with Crippen LogP contribution in [-0.2, 0) is 6.42 Å². The number of aliphatic hydroxyl groups excluding tert-OH is 1. The molecule has 1 N–H and O–H groups in total. The van der Waals surface area contributed by atoms with Gasteiger partial charge in [0.25, 0.3) is 0 Å². The molecule has 0 saturated heterocycles. The van der Waals surface area contributed by atoms with Gasteiger partial charge in [0.2, 0.25) is 0 Å². The van der Waals surface area contributed by atoms with Crippen molar-refractivity contribution in [3.05, 3.63) is 64.2 Å². The number of benzene rings is 1. The molecule has 1 unspecified atom stereocenters. The molecule has 1 aromatic heterocycles. The van der Waals surface area contributed by atoms with Crippen molar-refractivity contribution in [2.75, 3.05) is 0 Å². The lowest BCUT2D eigenvalue weighted by Gasteiger charge is -2.12. The fraction of sp³-hybridized carbons (Fsp3) is 0.214. The molecule has 0 fully saturated rings. The molecule has 1 aromatic carbocycles. The van der Waals surface area contributed by atoms with Crippen LogP contribution in [0.15, 0.2) is 36.5 Å². The number of halogens is 2. The van der Waals surface area contributed by atoms with Gasteiger partial charge in [-0.1, -0.05) is 23.7 Å². The van der Waals surface area contributed by atoms with Crippen molar-refractivity contribution < 1.29 is 9.50 Å². The third kappa shape index (κ3) is 3.06. The highest BCUT2D eigenvalue weighted by Crippen LogP contribution is 2.26. The molecular formula is C14H13ClFNO. The minimum Gasteiger partial charge on any atom is -0.388 e. The van der Waals surface area contributed by atoms with Crippen LogP contribution in [0.25, 0.3) is 0 Å². The number of hydrogen-bond donors (Lipinski definition) is 1. The van der Waals surface area contributed by atoms with E-state index >= 15 is 0 Å². The molecule has 0 aliphatic rings. The first-order chi connectivity index (χ1) is 8.56. The highest BCUT2D eigenvalue weighted by atomic mass is 35.5. The molecule has 18 heavy (non-hydrogen) atoms. The Kier molecular flexibility index (Phi) is 3.94. The van der Waals surface area contributed by atoms with Crippen LogP contribution in [0, 0.1) is 12.7 Å². The Morgan fingerprint density at radius 1 is 1.33 bits per heavy atom. The molecule has 0 aliphatic carbocycles. The van der Waals surface area contributed by atoms with Crippen LogP contribution >= 0.6 is 11.6 Å². The number of nitrogens with zero attached hydrogens (tertiary/aromatic N) is 1. The SMILES string of the molecule is Cc1ccc(CC(O)c2ccc(F)cc2Cl)nc1. The molecule has 94 valence electrons. The van der Waals surface area contributed by atoms with Crippen LogP contribution in [-0.4, -0.2) is 10.1 Å². The first kappa shape index (κ1) is 13.0. The van der Waals surface area contributed by atoms with Gasteiger partial charge in [-0.2, -0.15) is 0 Å². The van der Waals surface area contributed by atoms with Crippen LogP contribution in [0.3, 0.4) is 0 Å². The van der Waals surface area contributed by atoms with Crippen molar-refractivity contribution in [3.63, 3.8) is 0 Å². The maximum absolute atomic E-state index is 12.9. The fourth-order valence-corrected chi connectivity index (χ4v) is 1.99. The van der Waals surface area contributed by atoms with E-state index in [9.17, 15) is 9.50 Å². The molecule has 0 spiro atoms. The van der Waals surface area contributed by atoms with Gasteiger partial charge in [-0.05, 0) is 36.2 Å². The summed E-state index contributed by atoms with van der Waals surface area (Å²) in [7, 11) is 0. The molecule has 2 rings (SSSR count). The van der Waals surface area contributed by atoms with Gasteiger partial charge in [-0.15, -0.1) is 0 Å². The zero-order valence-corrected chi connectivity index (χ0v) is 10.7. The zero-order valence-electron chi connectivity index (χ0n) is 9.90. The minimum absolute atomic E-state index is 0.231. The van der Waals surface area contributed by atoms with Gasteiger partial charge in [0, 0.05) is 23.3 Å². The number of hydrogen-bond acceptors (Lipinski definition) is 2. The average molecular weight is 266 g/mol. The van der Waals surface area contributed by atoms with Crippen LogP contribution in [0.5, 0.6) is 0 Å². The lowest BCUT2D eigenvalue weighted by Crippen LogP contribution is -2.04. The summed E-state index contributed by atoms with van der Waals surface area (Å²) >= 11 is 5.90. The van der Waals surface area contributed by atoms with Crippen molar-refractivity contribution in [3.8, 4) is 0 Å². The lowest BCUT2D eigenvalue weighted by atomic mass is 10.0. The van der Waals surface area contributed by atoms with E-state index in [0.29, 0.717) is 12.0 Å². The van der Waals surface area contributed by atoms with E-state index in [-0.39, 0.29) is 5.02 Å². The molecule has 1 atom stereocenters. The largest absolute Gasteiger partial charge is 0.388 e. The van der Waals surface area contributed by atoms with Gasteiger partial charge in [-0.3, -0.25) is 4.98 Å². The number of aliphatic hydroxyl groups is 1. The predicted molar refractivity (Wildman–Crippen MR) is 69.0 cm³/mol. The first-order valence-corrected chi connectivity index (χ1v) is 5.98. The topological polar surface area (TPSA) is 33.1 Å². The summed E-state index contributed by atoms with van der Waals surface area (Å²) < 4.78 is 12.9. The highest BCUT2D eigenvalue weighted by molar-refractivity contribution is 6.31. The standard InChI is InChI=1S/C14H13ClFNO/c1-9-2-4-11(17-8-9)7-14(18)12-5-3-10(16)6-13(12)15/h2-6,8,14,18H,7H2,1H3. The molecule has 0 radical (unpaired) electrons. The van der Waals surface area contributed by atoms with Crippen LogP contribution in [0.4, 0.5) is 4.39 Å². The Bertz CT molecular complexity index is 542. The van der Waals surface area contributed by atoms with Crippen molar-refractivity contribution in [2.24, 2.45) is 0 Å². The van der Waals surface area contributed by atoms with E-state index in [2.05, 4.69) is 4.98 Å². The van der Waals surface area contributed by atoms with Gasteiger partial charge < -0.3 is 5.11 Å². The molecule has 4 heteroatoms. The number of rotatable bonds is 3. The summed E-state index contributed by atoms with van der Waals surface area (Å²) in [6, 6.07) is 7.77. The quantitative estimate of drug-likeness (QED) is 0.922. The third-order valence-corrected chi connectivity index (χ3v) is 3.02. The van der Waals surface area contributed by atoms with Crippen LogP contribution < -0.4 is 0 Å². The second kappa shape index (κ2) is 5.46. The van der Waals surface area contributed by atoms with E-state index in [1.165, 1.54) is 18.2 Å². The average Bonchev–Trinajstić information content (AvgIpc) is 2.32. The first-order valence-electron chi connectivity index (χ1n) is 5.61. The molecule has 2 aromatic rings. The molecule has 0 bridgehead atoms. The molecular weight excluding hydrogens is 253 g/mol. The molecule has 0 amide bonds. The molecule has 1 heterocycles. The summed E-state index contributed by atoms with van der Waals surface area (Å²) in [5, 5.41) is 10.3. The Labute approximate surface area is 110 Å². The second-order valence-corrected chi connectivity index (χ2v) is 4.62. The van der Waals surface area contributed by atoms with Crippen molar-refractivity contribution in [2.45, 2.75) is 19.4 Å². The van der Waals surface area contributed by atoms with Gasteiger partial charge in [0.1, 0.15) is 5.82 Å². The minimum atomic E-state index is -0.784. The summed E-state index contributed by atoms with van der Waals surface area (Å²) in [6.45, 7) is 1.95. The molecule has 0 aliphatic heterocycles. The molecule has 2 nitrogen and oxygen atoms in total. The van der Waals surface area contributed by atoms with Crippen LogP contribution in [0.1, 0.15) is 22.9 Å². The number of aryl methyl sites for hydroxylation is 1. The predicted octanol–water partition coefficient (Wildman–Crippen LogP) is 3.46. The lowest BCUT2D eigenvalue weighted by molar-refractivity contribution is 0.177. The van der Waals surface area contributed by atoms with E-state index in [4.69, 9.17) is 11.6 Å². The summed E-state index contributed by atoms with van der Waals surface area (Å²) in [6.07, 6.45) is 1.31. The monoisotopic (exact) mass is 265 g/mol. The van der Waals surface area contributed by atoms with E-state index in [0.717, 1.165) is 11.3 Å². The number of aromatic nitrogens is 1. The Balaban J connectivity index is 2.16. The van der Waals surface area contributed by atoms with Crippen molar-refractivity contribution >= 4 is 11.6 Å². The summed E-state index contributed by atoms with van der Waals surface area (Å²) in [5.74, 6) is -0.413. The van der Waals surface area contributed by atoms with Gasteiger partial charge in [0.15, 0.2) is 0 Å². The van der Waals surface area contributed by atoms with E-state index < -0.39 is 11.9 Å². The smallest absolute Gasteiger partial charge is 0.124 e. The van der Waals surface area contributed by atoms with Crippen molar-refractivity contribution in [1.29, 1.82) is 0 Å². The van der Waals surface area contributed by atoms with Crippen molar-refractivity contribution in [1.82, 2.24) is 4.98 Å². The summed E-state index contributed by atoms with van der Waals surface area (Å²) in [5.41, 5.74) is 2.35. The third-order valence-electron chi connectivity index (χ3n) is 2.70.